The van der Waals surface area contributed by atoms with Crippen LogP contribution >= 0.6 is 0 Å². The van der Waals surface area contributed by atoms with Gasteiger partial charge in [0.15, 0.2) is 12.4 Å². The number of hydrogen-bond acceptors (Lipinski definition) is 10. The van der Waals surface area contributed by atoms with E-state index >= 15 is 0 Å². The van der Waals surface area contributed by atoms with E-state index in [0.717, 1.165) is 57.8 Å². The molecule has 11 nitrogen and oxygen atoms in total. The van der Waals surface area contributed by atoms with E-state index in [0.29, 0.717) is 19.3 Å². The average molecular weight is 1180 g/mol. The molecule has 6 N–H and O–H groups in total. The van der Waals surface area contributed by atoms with Gasteiger partial charge in [0, 0.05) is 6.42 Å². The van der Waals surface area contributed by atoms with E-state index in [1.807, 2.05) is 6.08 Å². The predicted octanol–water partition coefficient (Wildman–Crippen LogP) is 18.6. The van der Waals surface area contributed by atoms with Crippen LogP contribution in [0.2, 0.25) is 0 Å². The Kier molecular flexibility index (Phi) is 58.1. The number of carbonyl (C=O) groups excluding carboxylic acids is 2. The van der Waals surface area contributed by atoms with Crippen LogP contribution < -0.4 is 5.32 Å². The van der Waals surface area contributed by atoms with Gasteiger partial charge in [-0.15, -0.1) is 0 Å². The van der Waals surface area contributed by atoms with Gasteiger partial charge in [0.2, 0.25) is 5.91 Å². The Hall–Kier alpha value is -1.60. The standard InChI is InChI=1S/C72H139NO10/c1-4-7-10-13-16-19-22-25-27-29-30-31-32-33-34-35-36-37-39-42-45-48-51-54-57-60-67(77)83-70-69(79)68(78)66(61-74)82-72(70)81-62-63(64(75)58-55-52-49-46-43-40-24-21-18-15-12-9-6-3)73-71(80)65(76)59-56-53-50-47-44-41-38-28-26-23-20-17-14-11-8-5-2/h55,58,63-66,68-70,72,74-76,78-79H,4-54,56-57,59-62H2,1-3H3,(H,73,80)/b58-55+. The Morgan fingerprint density at radius 3 is 1.13 bits per heavy atom. The quantitative estimate of drug-likeness (QED) is 0.0195. The first-order valence-corrected chi connectivity index (χ1v) is 36.5. The monoisotopic (exact) mass is 1180 g/mol. The van der Waals surface area contributed by atoms with Crippen LogP contribution in [0.15, 0.2) is 12.2 Å². The number of rotatable bonds is 64. The molecule has 1 fully saturated rings. The lowest BCUT2D eigenvalue weighted by Crippen LogP contribution is -2.61. The molecule has 1 amide bonds. The Balaban J connectivity index is 2.54. The van der Waals surface area contributed by atoms with Crippen molar-refractivity contribution in [1.82, 2.24) is 5.32 Å². The molecule has 83 heavy (non-hydrogen) atoms. The SMILES string of the molecule is CCCCCCCCCCCCC/C=C/C(O)C(COC1OC(CO)C(O)C(O)C1OC(=O)CCCCCCCCCCCCCCCCCCCCCCCCCCC)NC(=O)C(O)CCCCCCCCCCCCCCCCCC. The molecule has 1 saturated heterocycles. The van der Waals surface area contributed by atoms with Gasteiger partial charge in [-0.2, -0.15) is 0 Å². The third-order valence-corrected chi connectivity index (χ3v) is 17.7. The molecule has 0 saturated carbocycles. The van der Waals surface area contributed by atoms with Crippen LogP contribution in [0.25, 0.3) is 0 Å². The van der Waals surface area contributed by atoms with Crippen molar-refractivity contribution in [3.63, 3.8) is 0 Å². The van der Waals surface area contributed by atoms with E-state index in [1.165, 1.54) is 270 Å². The van der Waals surface area contributed by atoms with Crippen molar-refractivity contribution in [3.8, 4) is 0 Å². The fourth-order valence-electron chi connectivity index (χ4n) is 12.0. The maximum absolute atomic E-state index is 13.5. The maximum Gasteiger partial charge on any atom is 0.306 e. The summed E-state index contributed by atoms with van der Waals surface area (Å²) in [6.45, 7) is 5.86. The van der Waals surface area contributed by atoms with Gasteiger partial charge in [-0.05, 0) is 25.7 Å². The minimum Gasteiger partial charge on any atom is -0.454 e. The van der Waals surface area contributed by atoms with Crippen LogP contribution in [0.4, 0.5) is 0 Å². The van der Waals surface area contributed by atoms with Crippen LogP contribution in [-0.4, -0.2) is 99.6 Å². The molecule has 0 bridgehead atoms. The number of nitrogens with one attached hydrogen (secondary N) is 1. The topological polar surface area (TPSA) is 175 Å². The number of carbonyl (C=O) groups is 2. The lowest BCUT2D eigenvalue weighted by Gasteiger charge is -2.41. The number of aliphatic hydroxyl groups is 5. The van der Waals surface area contributed by atoms with E-state index in [1.54, 1.807) is 6.08 Å². The van der Waals surface area contributed by atoms with Crippen molar-refractivity contribution in [2.45, 2.75) is 423 Å². The summed E-state index contributed by atoms with van der Waals surface area (Å²) in [6, 6.07) is -1.02. The molecular weight excluding hydrogens is 1040 g/mol. The first kappa shape index (κ1) is 79.4. The zero-order valence-electron chi connectivity index (χ0n) is 54.9. The summed E-state index contributed by atoms with van der Waals surface area (Å²) in [6.07, 6.45) is 61.2. The highest BCUT2D eigenvalue weighted by Crippen LogP contribution is 2.27. The third kappa shape index (κ3) is 48.1. The van der Waals surface area contributed by atoms with E-state index < -0.39 is 67.4 Å². The second-order valence-corrected chi connectivity index (χ2v) is 25.7. The second kappa shape index (κ2) is 60.7. The molecule has 0 spiro atoms. The van der Waals surface area contributed by atoms with Gasteiger partial charge >= 0.3 is 5.97 Å². The average Bonchev–Trinajstić information content (AvgIpc) is 3.67. The van der Waals surface area contributed by atoms with E-state index in [-0.39, 0.29) is 13.0 Å². The first-order chi connectivity index (χ1) is 40.7. The maximum atomic E-state index is 13.5. The van der Waals surface area contributed by atoms with Crippen molar-refractivity contribution >= 4 is 11.9 Å². The molecule has 0 aromatic carbocycles. The molecule has 492 valence electrons. The number of unbranched alkanes of at least 4 members (excludes halogenated alkanes) is 50. The highest BCUT2D eigenvalue weighted by molar-refractivity contribution is 5.80. The fraction of sp³-hybridized carbons (Fsp3) is 0.944. The minimum absolute atomic E-state index is 0.132. The number of ether oxygens (including phenoxy) is 3. The van der Waals surface area contributed by atoms with Crippen LogP contribution in [0.5, 0.6) is 0 Å². The smallest absolute Gasteiger partial charge is 0.306 e. The zero-order valence-corrected chi connectivity index (χ0v) is 54.9. The molecular formula is C72H139NO10. The Labute approximate surface area is 512 Å². The van der Waals surface area contributed by atoms with E-state index in [4.69, 9.17) is 14.2 Å². The van der Waals surface area contributed by atoms with Crippen molar-refractivity contribution in [1.29, 1.82) is 0 Å². The summed E-state index contributed by atoms with van der Waals surface area (Å²) in [5, 5.41) is 57.2. The summed E-state index contributed by atoms with van der Waals surface area (Å²) >= 11 is 0. The molecule has 1 aliphatic heterocycles. The fourth-order valence-corrected chi connectivity index (χ4v) is 12.0. The van der Waals surface area contributed by atoms with Gasteiger partial charge in [0.05, 0.1) is 25.4 Å². The van der Waals surface area contributed by atoms with Gasteiger partial charge in [-0.1, -0.05) is 354 Å². The minimum atomic E-state index is -1.61. The number of allylic oxidation sites excluding steroid dienone is 1. The van der Waals surface area contributed by atoms with Gasteiger partial charge in [0.1, 0.15) is 24.4 Å². The van der Waals surface area contributed by atoms with Crippen molar-refractivity contribution in [2.75, 3.05) is 13.2 Å². The molecule has 0 aliphatic carbocycles. The molecule has 0 aromatic rings. The number of hydrogen-bond donors (Lipinski definition) is 6. The van der Waals surface area contributed by atoms with E-state index in [9.17, 15) is 35.1 Å². The zero-order chi connectivity index (χ0) is 60.3. The molecule has 0 radical (unpaired) electrons. The Morgan fingerprint density at radius 1 is 0.458 bits per heavy atom. The molecule has 1 rings (SSSR count). The highest BCUT2D eigenvalue weighted by atomic mass is 16.7. The lowest BCUT2D eigenvalue weighted by atomic mass is 9.99. The van der Waals surface area contributed by atoms with E-state index in [2.05, 4.69) is 26.1 Å². The van der Waals surface area contributed by atoms with Crippen LogP contribution in [-0.2, 0) is 23.8 Å². The molecule has 1 heterocycles. The summed E-state index contributed by atoms with van der Waals surface area (Å²) in [4.78, 5) is 26.7. The van der Waals surface area contributed by atoms with Gasteiger partial charge in [0.25, 0.3) is 0 Å². The summed E-state index contributed by atoms with van der Waals surface area (Å²) in [7, 11) is 0. The second-order valence-electron chi connectivity index (χ2n) is 25.7. The Bertz CT molecular complexity index is 1400. The van der Waals surface area contributed by atoms with Gasteiger partial charge in [-0.25, -0.2) is 0 Å². The van der Waals surface area contributed by atoms with Crippen molar-refractivity contribution in [3.05, 3.63) is 12.2 Å². The first-order valence-electron chi connectivity index (χ1n) is 36.5. The number of aliphatic hydroxyl groups excluding tert-OH is 5. The van der Waals surface area contributed by atoms with Crippen LogP contribution in [0.3, 0.4) is 0 Å². The summed E-state index contributed by atoms with van der Waals surface area (Å²) in [5.74, 6) is -1.17. The molecule has 8 atom stereocenters. The number of amides is 1. The number of esters is 1. The highest BCUT2D eigenvalue weighted by Gasteiger charge is 2.47. The molecule has 0 aromatic heterocycles. The molecule has 1 aliphatic rings. The predicted molar refractivity (Wildman–Crippen MR) is 348 cm³/mol. The van der Waals surface area contributed by atoms with Crippen molar-refractivity contribution in [2.24, 2.45) is 0 Å². The van der Waals surface area contributed by atoms with Crippen molar-refractivity contribution < 1.29 is 49.3 Å². The molecule has 11 heteroatoms. The normalized spacial score (nSPS) is 18.5. The van der Waals surface area contributed by atoms with Gasteiger partial charge < -0.3 is 45.1 Å². The van der Waals surface area contributed by atoms with Crippen LogP contribution in [0.1, 0.15) is 374 Å². The summed E-state index contributed by atoms with van der Waals surface area (Å²) < 4.78 is 17.7. The third-order valence-electron chi connectivity index (χ3n) is 17.7. The lowest BCUT2D eigenvalue weighted by molar-refractivity contribution is -0.305. The summed E-state index contributed by atoms with van der Waals surface area (Å²) in [5.41, 5.74) is 0. The Morgan fingerprint density at radius 2 is 0.783 bits per heavy atom. The largest absolute Gasteiger partial charge is 0.454 e. The molecule has 8 unspecified atom stereocenters. The van der Waals surface area contributed by atoms with Gasteiger partial charge in [-0.3, -0.25) is 9.59 Å². The van der Waals surface area contributed by atoms with Crippen LogP contribution in [0, 0.1) is 0 Å².